The maximum atomic E-state index is 12.6. The van der Waals surface area contributed by atoms with Gasteiger partial charge < -0.3 is 9.47 Å². The standard InChI is InChI=1S/C18H17N3O3S/c1-11-7-4-5-8-12(11)17-20-21-18(25-17)19-16(22)13-9-6-10-14(23-2)15(13)24-3/h4-10H,1-3H3,(H,19,21,22). The Morgan fingerprint density at radius 2 is 1.84 bits per heavy atom. The van der Waals surface area contributed by atoms with E-state index >= 15 is 0 Å². The topological polar surface area (TPSA) is 73.3 Å². The highest BCUT2D eigenvalue weighted by Crippen LogP contribution is 2.32. The minimum absolute atomic E-state index is 0.330. The Morgan fingerprint density at radius 1 is 1.04 bits per heavy atom. The van der Waals surface area contributed by atoms with Gasteiger partial charge in [0.05, 0.1) is 19.8 Å². The van der Waals surface area contributed by atoms with E-state index in [4.69, 9.17) is 9.47 Å². The molecule has 7 heteroatoms. The second-order valence-electron chi connectivity index (χ2n) is 5.22. The van der Waals surface area contributed by atoms with Crippen LogP contribution in [-0.4, -0.2) is 30.3 Å². The zero-order valence-corrected chi connectivity index (χ0v) is 14.9. The molecule has 0 aliphatic carbocycles. The summed E-state index contributed by atoms with van der Waals surface area (Å²) in [6.07, 6.45) is 0. The molecule has 1 amide bonds. The number of para-hydroxylation sites is 1. The number of benzene rings is 2. The molecule has 0 saturated carbocycles. The molecule has 1 N–H and O–H groups in total. The van der Waals surface area contributed by atoms with Gasteiger partial charge in [0.15, 0.2) is 11.5 Å². The van der Waals surface area contributed by atoms with Gasteiger partial charge in [0.1, 0.15) is 5.01 Å². The minimum atomic E-state index is -0.330. The first-order chi connectivity index (χ1) is 12.1. The van der Waals surface area contributed by atoms with Crippen molar-refractivity contribution in [1.29, 1.82) is 0 Å². The van der Waals surface area contributed by atoms with E-state index in [0.717, 1.165) is 16.1 Å². The Labute approximate surface area is 149 Å². The first kappa shape index (κ1) is 16.9. The monoisotopic (exact) mass is 355 g/mol. The van der Waals surface area contributed by atoms with Crippen molar-refractivity contribution in [3.63, 3.8) is 0 Å². The lowest BCUT2D eigenvalue weighted by molar-refractivity contribution is 0.102. The van der Waals surface area contributed by atoms with Crippen LogP contribution in [0.1, 0.15) is 15.9 Å². The average Bonchev–Trinajstić information content (AvgIpc) is 3.09. The van der Waals surface area contributed by atoms with Gasteiger partial charge in [-0.2, -0.15) is 0 Å². The van der Waals surface area contributed by atoms with Crippen LogP contribution < -0.4 is 14.8 Å². The third kappa shape index (κ3) is 3.46. The van der Waals surface area contributed by atoms with Crippen LogP contribution in [0.3, 0.4) is 0 Å². The molecule has 1 heterocycles. The number of anilines is 1. The number of hydrogen-bond donors (Lipinski definition) is 1. The molecule has 0 aliphatic heterocycles. The van der Waals surface area contributed by atoms with E-state index in [1.165, 1.54) is 25.6 Å². The number of carbonyl (C=O) groups is 1. The molecule has 3 rings (SSSR count). The normalized spacial score (nSPS) is 10.4. The van der Waals surface area contributed by atoms with Gasteiger partial charge in [0, 0.05) is 5.56 Å². The first-order valence-corrected chi connectivity index (χ1v) is 8.37. The number of ether oxygens (including phenoxy) is 2. The van der Waals surface area contributed by atoms with Crippen molar-refractivity contribution in [2.45, 2.75) is 6.92 Å². The number of carbonyl (C=O) groups excluding carboxylic acids is 1. The summed E-state index contributed by atoms with van der Waals surface area (Å²) >= 11 is 1.32. The highest BCUT2D eigenvalue weighted by molar-refractivity contribution is 7.18. The number of amides is 1. The Morgan fingerprint density at radius 3 is 2.56 bits per heavy atom. The van der Waals surface area contributed by atoms with Crippen LogP contribution in [-0.2, 0) is 0 Å². The summed E-state index contributed by atoms with van der Waals surface area (Å²) in [4.78, 5) is 12.6. The molecule has 0 spiro atoms. The molecule has 6 nitrogen and oxygen atoms in total. The minimum Gasteiger partial charge on any atom is -0.493 e. The first-order valence-electron chi connectivity index (χ1n) is 7.56. The SMILES string of the molecule is COc1cccc(C(=O)Nc2nnc(-c3ccccc3C)s2)c1OC. The van der Waals surface area contributed by atoms with Gasteiger partial charge in [0.25, 0.3) is 5.91 Å². The maximum absolute atomic E-state index is 12.6. The van der Waals surface area contributed by atoms with Gasteiger partial charge in [-0.3, -0.25) is 10.1 Å². The van der Waals surface area contributed by atoms with E-state index in [9.17, 15) is 4.79 Å². The lowest BCUT2D eigenvalue weighted by Crippen LogP contribution is -2.13. The van der Waals surface area contributed by atoms with Crippen molar-refractivity contribution < 1.29 is 14.3 Å². The molecule has 0 fully saturated rings. The van der Waals surface area contributed by atoms with Gasteiger partial charge in [-0.25, -0.2) is 0 Å². The van der Waals surface area contributed by atoms with E-state index in [0.29, 0.717) is 22.2 Å². The molecular weight excluding hydrogens is 338 g/mol. The van der Waals surface area contributed by atoms with E-state index in [-0.39, 0.29) is 5.91 Å². The second-order valence-corrected chi connectivity index (χ2v) is 6.20. The Hall–Kier alpha value is -2.93. The summed E-state index contributed by atoms with van der Waals surface area (Å²) in [5, 5.41) is 12.2. The molecule has 25 heavy (non-hydrogen) atoms. The lowest BCUT2D eigenvalue weighted by atomic mass is 10.1. The van der Waals surface area contributed by atoms with Crippen molar-refractivity contribution in [1.82, 2.24) is 10.2 Å². The van der Waals surface area contributed by atoms with E-state index in [1.54, 1.807) is 18.2 Å². The lowest BCUT2D eigenvalue weighted by Gasteiger charge is -2.11. The van der Waals surface area contributed by atoms with Crippen LogP contribution in [0.4, 0.5) is 5.13 Å². The molecule has 0 saturated heterocycles. The molecule has 2 aromatic carbocycles. The molecule has 0 aliphatic rings. The van der Waals surface area contributed by atoms with Crippen LogP contribution in [0.15, 0.2) is 42.5 Å². The third-order valence-corrected chi connectivity index (χ3v) is 4.54. The second kappa shape index (κ2) is 7.31. The maximum Gasteiger partial charge on any atom is 0.261 e. The van der Waals surface area contributed by atoms with Gasteiger partial charge in [-0.15, -0.1) is 10.2 Å². The van der Waals surface area contributed by atoms with Crippen molar-refractivity contribution in [3.05, 3.63) is 53.6 Å². The molecule has 0 atom stereocenters. The van der Waals surface area contributed by atoms with Gasteiger partial charge in [0.2, 0.25) is 5.13 Å². The van der Waals surface area contributed by atoms with Crippen molar-refractivity contribution in [2.75, 3.05) is 19.5 Å². The summed E-state index contributed by atoms with van der Waals surface area (Å²) in [5.74, 6) is 0.544. The highest BCUT2D eigenvalue weighted by Gasteiger charge is 2.18. The van der Waals surface area contributed by atoms with Crippen LogP contribution >= 0.6 is 11.3 Å². The fourth-order valence-electron chi connectivity index (χ4n) is 2.43. The Kier molecular flexibility index (Phi) is 4.95. The number of hydrogen-bond acceptors (Lipinski definition) is 6. The largest absolute Gasteiger partial charge is 0.493 e. The predicted molar refractivity (Wildman–Crippen MR) is 97.6 cm³/mol. The summed E-state index contributed by atoms with van der Waals surface area (Å²) < 4.78 is 10.5. The molecule has 0 unspecified atom stereocenters. The number of rotatable bonds is 5. The smallest absolute Gasteiger partial charge is 0.261 e. The van der Waals surface area contributed by atoms with E-state index in [2.05, 4.69) is 15.5 Å². The number of aryl methyl sites for hydroxylation is 1. The number of aromatic nitrogens is 2. The Bertz CT molecular complexity index is 908. The summed E-state index contributed by atoms with van der Waals surface area (Å²) in [6, 6.07) is 13.0. The number of nitrogens with zero attached hydrogens (tertiary/aromatic N) is 2. The molecule has 0 radical (unpaired) electrons. The van der Waals surface area contributed by atoms with Gasteiger partial charge >= 0.3 is 0 Å². The van der Waals surface area contributed by atoms with Crippen LogP contribution in [0.2, 0.25) is 0 Å². The van der Waals surface area contributed by atoms with E-state index in [1.807, 2.05) is 31.2 Å². The summed E-state index contributed by atoms with van der Waals surface area (Å²) in [6.45, 7) is 2.01. The zero-order chi connectivity index (χ0) is 17.8. The van der Waals surface area contributed by atoms with Crippen LogP contribution in [0, 0.1) is 6.92 Å². The number of nitrogens with one attached hydrogen (secondary N) is 1. The fraction of sp³-hybridized carbons (Fsp3) is 0.167. The fourth-order valence-corrected chi connectivity index (χ4v) is 3.25. The van der Waals surface area contributed by atoms with Crippen molar-refractivity contribution in [2.24, 2.45) is 0 Å². The number of methoxy groups -OCH3 is 2. The molecule has 0 bridgehead atoms. The molecule has 3 aromatic rings. The summed E-state index contributed by atoms with van der Waals surface area (Å²) in [7, 11) is 3.02. The van der Waals surface area contributed by atoms with Gasteiger partial charge in [-0.05, 0) is 24.6 Å². The Balaban J connectivity index is 1.85. The van der Waals surface area contributed by atoms with Crippen molar-refractivity contribution >= 4 is 22.4 Å². The molecule has 1 aromatic heterocycles. The summed E-state index contributed by atoms with van der Waals surface area (Å²) in [5.41, 5.74) is 2.47. The van der Waals surface area contributed by atoms with Gasteiger partial charge in [-0.1, -0.05) is 41.7 Å². The molecule has 128 valence electrons. The zero-order valence-electron chi connectivity index (χ0n) is 14.1. The van der Waals surface area contributed by atoms with Crippen molar-refractivity contribution in [3.8, 4) is 22.1 Å². The third-order valence-electron chi connectivity index (χ3n) is 3.67. The predicted octanol–water partition coefficient (Wildman–Crippen LogP) is 3.78. The highest BCUT2D eigenvalue weighted by atomic mass is 32.1. The van der Waals surface area contributed by atoms with Crippen LogP contribution in [0.5, 0.6) is 11.5 Å². The average molecular weight is 355 g/mol. The quantitative estimate of drug-likeness (QED) is 0.754. The van der Waals surface area contributed by atoms with E-state index < -0.39 is 0 Å². The molecular formula is C18H17N3O3S. The van der Waals surface area contributed by atoms with Crippen LogP contribution in [0.25, 0.3) is 10.6 Å².